The maximum atomic E-state index is 5.58. The quantitative estimate of drug-likeness (QED) is 0.625. The molecule has 0 aromatic heterocycles. The first kappa shape index (κ1) is 10.5. The Morgan fingerprint density at radius 3 is 3.08 bits per heavy atom. The van der Waals surface area contributed by atoms with E-state index in [1.807, 2.05) is 12.0 Å². The summed E-state index contributed by atoms with van der Waals surface area (Å²) in [6, 6.07) is 0. The SMILES string of the molecule is C=C(C)ON1CCOC(CCC)C1. The van der Waals surface area contributed by atoms with E-state index >= 15 is 0 Å². The number of morpholine rings is 1. The van der Waals surface area contributed by atoms with Crippen LogP contribution in [-0.4, -0.2) is 30.9 Å². The highest BCUT2D eigenvalue weighted by Gasteiger charge is 2.20. The van der Waals surface area contributed by atoms with E-state index in [1.165, 1.54) is 0 Å². The van der Waals surface area contributed by atoms with E-state index in [-0.39, 0.29) is 0 Å². The molecule has 76 valence electrons. The predicted octanol–water partition coefficient (Wildman–Crippen LogP) is 1.95. The third kappa shape index (κ3) is 3.79. The Labute approximate surface area is 80.3 Å². The Kier molecular flexibility index (Phi) is 4.25. The molecule has 3 heteroatoms. The molecule has 1 aliphatic heterocycles. The first-order chi connectivity index (χ1) is 6.22. The van der Waals surface area contributed by atoms with Gasteiger partial charge in [-0.25, -0.2) is 0 Å². The van der Waals surface area contributed by atoms with Gasteiger partial charge in [0, 0.05) is 0 Å². The van der Waals surface area contributed by atoms with Crippen LogP contribution in [0.1, 0.15) is 26.7 Å². The van der Waals surface area contributed by atoms with Crippen LogP contribution in [-0.2, 0) is 9.57 Å². The molecule has 1 unspecified atom stereocenters. The highest BCUT2D eigenvalue weighted by molar-refractivity contribution is 4.75. The minimum Gasteiger partial charge on any atom is -0.411 e. The molecule has 0 bridgehead atoms. The number of hydroxylamine groups is 2. The van der Waals surface area contributed by atoms with Gasteiger partial charge in [-0.2, -0.15) is 0 Å². The first-order valence-corrected chi connectivity index (χ1v) is 4.92. The maximum Gasteiger partial charge on any atom is 0.114 e. The highest BCUT2D eigenvalue weighted by Crippen LogP contribution is 2.11. The molecule has 1 fully saturated rings. The standard InChI is InChI=1S/C10H19NO2/c1-4-5-10-8-11(6-7-12-10)13-9(2)3/h10H,2,4-8H2,1,3H3. The molecule has 3 nitrogen and oxygen atoms in total. The molecule has 1 saturated heterocycles. The summed E-state index contributed by atoms with van der Waals surface area (Å²) in [4.78, 5) is 5.43. The second-order valence-electron chi connectivity index (χ2n) is 3.46. The fraction of sp³-hybridized carbons (Fsp3) is 0.800. The van der Waals surface area contributed by atoms with Gasteiger partial charge in [0.15, 0.2) is 0 Å². The first-order valence-electron chi connectivity index (χ1n) is 4.92. The minimum atomic E-state index is 0.332. The molecular weight excluding hydrogens is 166 g/mol. The van der Waals surface area contributed by atoms with Crippen molar-refractivity contribution in [3.8, 4) is 0 Å². The van der Waals surface area contributed by atoms with E-state index in [4.69, 9.17) is 9.57 Å². The molecular formula is C10H19NO2. The molecule has 1 rings (SSSR count). The van der Waals surface area contributed by atoms with Crippen molar-refractivity contribution >= 4 is 0 Å². The Morgan fingerprint density at radius 2 is 2.46 bits per heavy atom. The van der Waals surface area contributed by atoms with E-state index in [2.05, 4.69) is 13.5 Å². The molecule has 1 atom stereocenters. The molecule has 1 heterocycles. The van der Waals surface area contributed by atoms with Crippen molar-refractivity contribution in [2.45, 2.75) is 32.8 Å². The topological polar surface area (TPSA) is 21.7 Å². The summed E-state index contributed by atoms with van der Waals surface area (Å²) in [6.07, 6.45) is 2.60. The van der Waals surface area contributed by atoms with E-state index < -0.39 is 0 Å². The number of nitrogens with zero attached hydrogens (tertiary/aromatic N) is 1. The van der Waals surface area contributed by atoms with Gasteiger partial charge in [0.05, 0.1) is 25.8 Å². The van der Waals surface area contributed by atoms with Gasteiger partial charge >= 0.3 is 0 Å². The second-order valence-corrected chi connectivity index (χ2v) is 3.46. The lowest BCUT2D eigenvalue weighted by molar-refractivity contribution is -0.185. The Bertz CT molecular complexity index is 168. The van der Waals surface area contributed by atoms with E-state index in [0.717, 1.165) is 38.3 Å². The zero-order valence-electron chi connectivity index (χ0n) is 8.58. The van der Waals surface area contributed by atoms with Crippen LogP contribution in [0.2, 0.25) is 0 Å². The summed E-state index contributed by atoms with van der Waals surface area (Å²) in [5.41, 5.74) is 0. The van der Waals surface area contributed by atoms with Crippen LogP contribution in [0.5, 0.6) is 0 Å². The van der Waals surface area contributed by atoms with Crippen molar-refractivity contribution in [2.75, 3.05) is 19.7 Å². The molecule has 13 heavy (non-hydrogen) atoms. The average Bonchev–Trinajstić information content (AvgIpc) is 2.04. The largest absolute Gasteiger partial charge is 0.411 e. The van der Waals surface area contributed by atoms with Gasteiger partial charge in [-0.15, -0.1) is 5.06 Å². The molecule has 0 amide bonds. The van der Waals surface area contributed by atoms with Gasteiger partial charge in [0.25, 0.3) is 0 Å². The summed E-state index contributed by atoms with van der Waals surface area (Å²) < 4.78 is 5.58. The van der Waals surface area contributed by atoms with Gasteiger partial charge in [-0.05, 0) is 13.3 Å². The maximum absolute atomic E-state index is 5.58. The van der Waals surface area contributed by atoms with Crippen LogP contribution < -0.4 is 0 Å². The normalized spacial score (nSPS) is 24.3. The summed E-state index contributed by atoms with van der Waals surface area (Å²) in [5, 5.41) is 1.94. The van der Waals surface area contributed by atoms with Crippen molar-refractivity contribution in [3.63, 3.8) is 0 Å². The molecule has 0 spiro atoms. The van der Waals surface area contributed by atoms with E-state index in [9.17, 15) is 0 Å². The van der Waals surface area contributed by atoms with Crippen LogP contribution in [0.4, 0.5) is 0 Å². The molecule has 0 saturated carbocycles. The zero-order valence-corrected chi connectivity index (χ0v) is 8.58. The van der Waals surface area contributed by atoms with Crippen LogP contribution in [0, 0.1) is 0 Å². The van der Waals surface area contributed by atoms with Crippen molar-refractivity contribution < 1.29 is 9.57 Å². The van der Waals surface area contributed by atoms with Crippen LogP contribution in [0.25, 0.3) is 0 Å². The Morgan fingerprint density at radius 1 is 1.69 bits per heavy atom. The Hall–Kier alpha value is -0.540. The second kappa shape index (κ2) is 5.25. The van der Waals surface area contributed by atoms with Crippen molar-refractivity contribution in [1.82, 2.24) is 5.06 Å². The van der Waals surface area contributed by atoms with E-state index in [1.54, 1.807) is 0 Å². The predicted molar refractivity (Wildman–Crippen MR) is 52.1 cm³/mol. The number of rotatable bonds is 4. The number of allylic oxidation sites excluding steroid dienone is 1. The fourth-order valence-corrected chi connectivity index (χ4v) is 1.49. The molecule has 0 aromatic carbocycles. The smallest absolute Gasteiger partial charge is 0.114 e. The summed E-state index contributed by atoms with van der Waals surface area (Å²) in [6.45, 7) is 10.2. The van der Waals surface area contributed by atoms with Crippen molar-refractivity contribution in [2.24, 2.45) is 0 Å². The van der Waals surface area contributed by atoms with Gasteiger partial charge < -0.3 is 9.57 Å². The lowest BCUT2D eigenvalue weighted by Gasteiger charge is -2.32. The third-order valence-electron chi connectivity index (χ3n) is 2.00. The average molecular weight is 185 g/mol. The van der Waals surface area contributed by atoms with Crippen LogP contribution in [0.3, 0.4) is 0 Å². The van der Waals surface area contributed by atoms with Crippen LogP contribution >= 0.6 is 0 Å². The number of hydrogen-bond donors (Lipinski definition) is 0. The highest BCUT2D eigenvalue weighted by atomic mass is 16.7. The lowest BCUT2D eigenvalue weighted by Crippen LogP contribution is -2.41. The number of ether oxygens (including phenoxy) is 1. The van der Waals surface area contributed by atoms with E-state index in [0.29, 0.717) is 6.10 Å². The molecule has 0 aliphatic carbocycles. The molecule has 0 radical (unpaired) electrons. The van der Waals surface area contributed by atoms with Gasteiger partial charge in [-0.3, -0.25) is 0 Å². The molecule has 1 aliphatic rings. The monoisotopic (exact) mass is 185 g/mol. The summed E-state index contributed by atoms with van der Waals surface area (Å²) in [7, 11) is 0. The molecule has 0 N–H and O–H groups in total. The Balaban J connectivity index is 2.28. The van der Waals surface area contributed by atoms with Crippen LogP contribution in [0.15, 0.2) is 12.3 Å². The molecule has 0 aromatic rings. The zero-order chi connectivity index (χ0) is 9.68. The summed E-state index contributed by atoms with van der Waals surface area (Å²) in [5.74, 6) is 0.747. The van der Waals surface area contributed by atoms with Gasteiger partial charge in [-0.1, -0.05) is 19.9 Å². The fourth-order valence-electron chi connectivity index (χ4n) is 1.49. The van der Waals surface area contributed by atoms with Crippen molar-refractivity contribution in [1.29, 1.82) is 0 Å². The minimum absolute atomic E-state index is 0.332. The van der Waals surface area contributed by atoms with Crippen molar-refractivity contribution in [3.05, 3.63) is 12.3 Å². The van der Waals surface area contributed by atoms with Gasteiger partial charge in [0.2, 0.25) is 0 Å². The number of hydrogen-bond acceptors (Lipinski definition) is 3. The summed E-state index contributed by atoms with van der Waals surface area (Å²) >= 11 is 0. The third-order valence-corrected chi connectivity index (χ3v) is 2.00. The van der Waals surface area contributed by atoms with Gasteiger partial charge in [0.1, 0.15) is 5.76 Å². The lowest BCUT2D eigenvalue weighted by atomic mass is 10.2.